The summed E-state index contributed by atoms with van der Waals surface area (Å²) in [6.45, 7) is 5.29. The second kappa shape index (κ2) is 6.22. The van der Waals surface area contributed by atoms with Gasteiger partial charge in [0.1, 0.15) is 12.2 Å². The second-order valence-corrected chi connectivity index (χ2v) is 6.08. The van der Waals surface area contributed by atoms with Gasteiger partial charge in [0.25, 0.3) is 5.91 Å². The van der Waals surface area contributed by atoms with E-state index in [0.29, 0.717) is 26.2 Å². The lowest BCUT2D eigenvalue weighted by molar-refractivity contribution is -0.157. The first-order valence-electron chi connectivity index (χ1n) is 7.02. The number of amides is 1. The van der Waals surface area contributed by atoms with Crippen molar-refractivity contribution in [1.29, 1.82) is 0 Å². The van der Waals surface area contributed by atoms with Crippen molar-refractivity contribution in [1.82, 2.24) is 10.2 Å². The van der Waals surface area contributed by atoms with Crippen LogP contribution >= 0.6 is 11.3 Å². The molecule has 0 spiro atoms. The second-order valence-electron chi connectivity index (χ2n) is 5.30. The molecule has 0 aromatic carbocycles. The molecule has 110 valence electrons. The minimum Gasteiger partial charge on any atom is -0.367 e. The van der Waals surface area contributed by atoms with Crippen LogP contribution in [0.25, 0.3) is 0 Å². The van der Waals surface area contributed by atoms with Crippen LogP contribution in [-0.2, 0) is 14.3 Å². The van der Waals surface area contributed by atoms with Crippen molar-refractivity contribution in [3.63, 3.8) is 0 Å². The molecule has 0 bridgehead atoms. The van der Waals surface area contributed by atoms with E-state index in [0.717, 1.165) is 12.1 Å². The molecule has 3 heterocycles. The molecule has 1 amide bonds. The van der Waals surface area contributed by atoms with Gasteiger partial charge in [-0.25, -0.2) is 0 Å². The third-order valence-corrected chi connectivity index (χ3v) is 4.39. The molecule has 2 aliphatic rings. The average molecular weight is 296 g/mol. The fourth-order valence-electron chi connectivity index (χ4n) is 2.70. The van der Waals surface area contributed by atoms with Gasteiger partial charge in [-0.15, -0.1) is 0 Å². The maximum absolute atomic E-state index is 12.5. The first-order chi connectivity index (χ1) is 9.74. The Balaban J connectivity index is 1.67. The number of nitrogens with one attached hydrogen (secondary N) is 1. The minimum atomic E-state index is -0.350. The van der Waals surface area contributed by atoms with Crippen LogP contribution in [-0.4, -0.2) is 55.8 Å². The van der Waals surface area contributed by atoms with Crippen molar-refractivity contribution in [2.45, 2.75) is 25.2 Å². The van der Waals surface area contributed by atoms with Crippen LogP contribution in [0, 0.1) is 0 Å². The first kappa shape index (κ1) is 14.0. The van der Waals surface area contributed by atoms with Crippen molar-refractivity contribution >= 4 is 17.2 Å². The Morgan fingerprint density at radius 3 is 3.10 bits per heavy atom. The molecular formula is C14H20N2O3S. The highest BCUT2D eigenvalue weighted by molar-refractivity contribution is 7.07. The van der Waals surface area contributed by atoms with E-state index in [1.54, 1.807) is 11.3 Å². The van der Waals surface area contributed by atoms with Gasteiger partial charge in [0.05, 0.1) is 19.3 Å². The van der Waals surface area contributed by atoms with Gasteiger partial charge in [-0.3, -0.25) is 4.79 Å². The minimum absolute atomic E-state index is 0.0227. The molecule has 0 saturated carbocycles. The fourth-order valence-corrected chi connectivity index (χ4v) is 3.40. The standard InChI is InChI=1S/C14H20N2O3S/c1-10-7-16(14(17)12-6-15-3-4-18-12)8-13(19-10)11-2-5-20-9-11/h2,5,9-10,12-13,15H,3-4,6-8H2,1H3/t10-,12+,13+/m1/s1. The van der Waals surface area contributed by atoms with Gasteiger partial charge in [-0.2, -0.15) is 11.3 Å². The monoisotopic (exact) mass is 296 g/mol. The van der Waals surface area contributed by atoms with Gasteiger partial charge < -0.3 is 19.7 Å². The maximum atomic E-state index is 12.5. The molecule has 6 heteroatoms. The summed E-state index contributed by atoms with van der Waals surface area (Å²) in [7, 11) is 0. The summed E-state index contributed by atoms with van der Waals surface area (Å²) in [6.07, 6.45) is -0.322. The zero-order valence-corrected chi connectivity index (χ0v) is 12.4. The molecule has 1 aromatic heterocycles. The van der Waals surface area contributed by atoms with E-state index < -0.39 is 0 Å². The van der Waals surface area contributed by atoms with Gasteiger partial charge in [-0.1, -0.05) is 0 Å². The van der Waals surface area contributed by atoms with Gasteiger partial charge in [0.2, 0.25) is 0 Å². The SMILES string of the molecule is C[C@@H]1CN(C(=O)[C@@H]2CNCCO2)C[C@@H](c2ccsc2)O1. The van der Waals surface area contributed by atoms with Crippen molar-refractivity contribution in [2.75, 3.05) is 32.8 Å². The molecule has 0 radical (unpaired) electrons. The molecule has 1 aromatic rings. The summed E-state index contributed by atoms with van der Waals surface area (Å²) in [5, 5.41) is 7.33. The van der Waals surface area contributed by atoms with E-state index in [1.807, 2.05) is 17.2 Å². The highest BCUT2D eigenvalue weighted by atomic mass is 32.1. The smallest absolute Gasteiger partial charge is 0.253 e. The van der Waals surface area contributed by atoms with Crippen LogP contribution in [0.2, 0.25) is 0 Å². The summed E-state index contributed by atoms with van der Waals surface area (Å²) in [5.74, 6) is 0.0765. The molecule has 0 aliphatic carbocycles. The van der Waals surface area contributed by atoms with E-state index in [-0.39, 0.29) is 24.2 Å². The molecule has 2 fully saturated rings. The zero-order valence-electron chi connectivity index (χ0n) is 11.6. The van der Waals surface area contributed by atoms with Gasteiger partial charge in [-0.05, 0) is 29.3 Å². The predicted molar refractivity (Wildman–Crippen MR) is 76.8 cm³/mol. The number of rotatable bonds is 2. The third kappa shape index (κ3) is 3.03. The Kier molecular flexibility index (Phi) is 4.35. The van der Waals surface area contributed by atoms with Crippen LogP contribution in [0.15, 0.2) is 16.8 Å². The molecular weight excluding hydrogens is 276 g/mol. The summed E-state index contributed by atoms with van der Waals surface area (Å²) < 4.78 is 11.5. The lowest BCUT2D eigenvalue weighted by Gasteiger charge is -2.38. The highest BCUT2D eigenvalue weighted by Gasteiger charge is 2.33. The largest absolute Gasteiger partial charge is 0.367 e. The summed E-state index contributed by atoms with van der Waals surface area (Å²) in [5.41, 5.74) is 1.15. The average Bonchev–Trinajstić information content (AvgIpc) is 3.01. The van der Waals surface area contributed by atoms with E-state index in [9.17, 15) is 4.79 Å². The Morgan fingerprint density at radius 2 is 2.40 bits per heavy atom. The Hall–Kier alpha value is -0.950. The van der Waals surface area contributed by atoms with E-state index in [4.69, 9.17) is 9.47 Å². The number of ether oxygens (including phenoxy) is 2. The highest BCUT2D eigenvalue weighted by Crippen LogP contribution is 2.27. The number of nitrogens with zero attached hydrogens (tertiary/aromatic N) is 1. The normalized spacial score (nSPS) is 31.2. The molecule has 3 rings (SSSR count). The topological polar surface area (TPSA) is 50.8 Å². The first-order valence-corrected chi connectivity index (χ1v) is 7.97. The van der Waals surface area contributed by atoms with E-state index >= 15 is 0 Å². The number of hydrogen-bond acceptors (Lipinski definition) is 5. The Bertz CT molecular complexity index is 445. The maximum Gasteiger partial charge on any atom is 0.253 e. The molecule has 3 atom stereocenters. The van der Waals surface area contributed by atoms with Crippen molar-refractivity contribution < 1.29 is 14.3 Å². The molecule has 2 saturated heterocycles. The molecule has 2 aliphatic heterocycles. The summed E-state index contributed by atoms with van der Waals surface area (Å²) >= 11 is 1.65. The molecule has 1 N–H and O–H groups in total. The van der Waals surface area contributed by atoms with Crippen LogP contribution in [0.5, 0.6) is 0 Å². The number of morpholine rings is 2. The van der Waals surface area contributed by atoms with Gasteiger partial charge in [0, 0.05) is 19.6 Å². The van der Waals surface area contributed by atoms with E-state index in [1.165, 1.54) is 0 Å². The van der Waals surface area contributed by atoms with Crippen molar-refractivity contribution in [3.8, 4) is 0 Å². The van der Waals surface area contributed by atoms with Crippen LogP contribution in [0.1, 0.15) is 18.6 Å². The number of carbonyl (C=O) groups excluding carboxylic acids is 1. The van der Waals surface area contributed by atoms with Gasteiger partial charge >= 0.3 is 0 Å². The van der Waals surface area contributed by atoms with E-state index in [2.05, 4.69) is 16.8 Å². The Morgan fingerprint density at radius 1 is 1.50 bits per heavy atom. The molecule has 20 heavy (non-hydrogen) atoms. The number of thiophene rings is 1. The summed E-state index contributed by atoms with van der Waals surface area (Å²) in [6, 6.07) is 2.06. The van der Waals surface area contributed by atoms with Crippen LogP contribution < -0.4 is 5.32 Å². The van der Waals surface area contributed by atoms with Crippen molar-refractivity contribution in [3.05, 3.63) is 22.4 Å². The van der Waals surface area contributed by atoms with Crippen LogP contribution in [0.3, 0.4) is 0 Å². The zero-order chi connectivity index (χ0) is 13.9. The molecule has 5 nitrogen and oxygen atoms in total. The van der Waals surface area contributed by atoms with Crippen molar-refractivity contribution in [2.24, 2.45) is 0 Å². The predicted octanol–water partition coefficient (Wildman–Crippen LogP) is 1.02. The third-order valence-electron chi connectivity index (χ3n) is 3.69. The lowest BCUT2D eigenvalue weighted by Crippen LogP contribution is -2.54. The quantitative estimate of drug-likeness (QED) is 0.885. The number of hydrogen-bond donors (Lipinski definition) is 1. The summed E-state index contributed by atoms with van der Waals surface area (Å²) in [4.78, 5) is 14.4. The van der Waals surface area contributed by atoms with Crippen LogP contribution in [0.4, 0.5) is 0 Å². The molecule has 0 unspecified atom stereocenters. The Labute approximate surface area is 122 Å². The number of carbonyl (C=O) groups is 1. The lowest BCUT2D eigenvalue weighted by atomic mass is 10.1. The fraction of sp³-hybridized carbons (Fsp3) is 0.643. The van der Waals surface area contributed by atoms with Gasteiger partial charge in [0.15, 0.2) is 0 Å².